The number of aromatic nitrogens is 1. The number of carbonyl (C=O) groups is 1. The number of benzene rings is 1. The van der Waals surface area contributed by atoms with Gasteiger partial charge in [0.05, 0.1) is 17.7 Å². The Morgan fingerprint density at radius 2 is 2.06 bits per heavy atom. The summed E-state index contributed by atoms with van der Waals surface area (Å²) in [6.45, 7) is 2.32. The highest BCUT2D eigenvalue weighted by Crippen LogP contribution is 2.36. The van der Waals surface area contributed by atoms with Crippen molar-refractivity contribution in [2.75, 3.05) is 13.1 Å². The molecule has 1 aromatic heterocycles. The van der Waals surface area contributed by atoms with Gasteiger partial charge in [0.25, 0.3) is 5.91 Å². The Morgan fingerprint density at radius 1 is 1.29 bits per heavy atom. The highest BCUT2D eigenvalue weighted by atomic mass is 19.1. The third kappa shape index (κ3) is 3.60. The van der Waals surface area contributed by atoms with Crippen molar-refractivity contribution in [1.29, 1.82) is 0 Å². The number of aliphatic hydroxyl groups is 1. The molecule has 1 N–H and O–H groups in total. The molecule has 0 spiro atoms. The maximum atomic E-state index is 14.4. The monoisotopic (exact) mass is 421 g/mol. The van der Waals surface area contributed by atoms with Crippen LogP contribution < -0.4 is 0 Å². The van der Waals surface area contributed by atoms with E-state index in [2.05, 4.69) is 15.8 Å². The van der Waals surface area contributed by atoms with Crippen LogP contribution in [0.2, 0.25) is 0 Å². The highest BCUT2D eigenvalue weighted by molar-refractivity contribution is 6.04. The van der Waals surface area contributed by atoms with Gasteiger partial charge >= 0.3 is 0 Å². The molecule has 0 radical (unpaired) electrons. The minimum Gasteiger partial charge on any atom is -0.391 e. The largest absolute Gasteiger partial charge is 0.391 e. The van der Waals surface area contributed by atoms with Crippen molar-refractivity contribution in [3.8, 4) is 12.3 Å². The summed E-state index contributed by atoms with van der Waals surface area (Å²) in [4.78, 5) is 22.0. The summed E-state index contributed by atoms with van der Waals surface area (Å²) in [6.07, 6.45) is 11.0. The summed E-state index contributed by atoms with van der Waals surface area (Å²) in [5.74, 6) is 2.29. The number of carbonyl (C=O) groups excluding carboxylic acids is 1. The number of pyridine rings is 1. The number of alkyl halides is 1. The van der Waals surface area contributed by atoms with E-state index in [4.69, 9.17) is 6.42 Å². The molecule has 0 bridgehead atoms. The summed E-state index contributed by atoms with van der Waals surface area (Å²) in [7, 11) is 0. The van der Waals surface area contributed by atoms with Gasteiger partial charge in [-0.1, -0.05) is 24.8 Å². The number of nitrogens with zero attached hydrogens (tertiary/aromatic N) is 3. The fraction of sp³-hybridized carbons (Fsp3) is 0.520. The maximum absolute atomic E-state index is 14.4. The Morgan fingerprint density at radius 3 is 2.81 bits per heavy atom. The van der Waals surface area contributed by atoms with Gasteiger partial charge in [0.1, 0.15) is 0 Å². The molecule has 3 heterocycles. The first kappa shape index (κ1) is 20.4. The van der Waals surface area contributed by atoms with E-state index in [-0.39, 0.29) is 11.9 Å². The molecule has 6 heteroatoms. The van der Waals surface area contributed by atoms with Crippen LogP contribution in [0.25, 0.3) is 10.9 Å². The molecule has 2 aliphatic heterocycles. The second-order valence-electron chi connectivity index (χ2n) is 9.20. The van der Waals surface area contributed by atoms with E-state index in [1.54, 1.807) is 6.20 Å². The zero-order valence-corrected chi connectivity index (χ0v) is 17.7. The van der Waals surface area contributed by atoms with Crippen LogP contribution in [-0.2, 0) is 13.1 Å². The van der Waals surface area contributed by atoms with Crippen LogP contribution >= 0.6 is 0 Å². The molecule has 1 aromatic carbocycles. The van der Waals surface area contributed by atoms with Gasteiger partial charge in [0.15, 0.2) is 5.67 Å². The van der Waals surface area contributed by atoms with E-state index in [0.717, 1.165) is 47.7 Å². The number of hydrogen-bond donors (Lipinski definition) is 1. The molecular formula is C25H28FN3O2. The molecule has 1 aliphatic carbocycles. The van der Waals surface area contributed by atoms with E-state index in [1.165, 1.54) is 0 Å². The van der Waals surface area contributed by atoms with Gasteiger partial charge in [0.2, 0.25) is 0 Å². The van der Waals surface area contributed by atoms with Crippen LogP contribution in [0.5, 0.6) is 0 Å². The van der Waals surface area contributed by atoms with E-state index in [0.29, 0.717) is 44.6 Å². The Hall–Kier alpha value is -2.49. The number of amides is 1. The van der Waals surface area contributed by atoms with Crippen molar-refractivity contribution in [2.45, 2.75) is 69.4 Å². The first-order valence-electron chi connectivity index (χ1n) is 11.3. The molecule has 5 nitrogen and oxygen atoms in total. The number of fused-ring (bicyclic) bond motifs is 3. The van der Waals surface area contributed by atoms with Crippen molar-refractivity contribution in [3.63, 3.8) is 0 Å². The third-order valence-corrected chi connectivity index (χ3v) is 7.30. The van der Waals surface area contributed by atoms with Crippen LogP contribution in [0.4, 0.5) is 4.39 Å². The number of likely N-dealkylation sites (tertiary alicyclic amines) is 1. The van der Waals surface area contributed by atoms with Crippen molar-refractivity contribution in [2.24, 2.45) is 0 Å². The molecule has 1 saturated carbocycles. The number of halogens is 1. The van der Waals surface area contributed by atoms with Gasteiger partial charge in [-0.25, -0.2) is 4.39 Å². The van der Waals surface area contributed by atoms with Crippen LogP contribution in [-0.4, -0.2) is 56.7 Å². The highest BCUT2D eigenvalue weighted by Gasteiger charge is 2.39. The quantitative estimate of drug-likeness (QED) is 0.772. The lowest BCUT2D eigenvalue weighted by Crippen LogP contribution is -2.45. The second-order valence-corrected chi connectivity index (χ2v) is 9.20. The van der Waals surface area contributed by atoms with Gasteiger partial charge in [0, 0.05) is 61.7 Å². The lowest BCUT2D eigenvalue weighted by atomic mass is 9.91. The minimum atomic E-state index is -1.50. The molecule has 0 unspecified atom stereocenters. The third-order valence-electron chi connectivity index (χ3n) is 7.30. The topological polar surface area (TPSA) is 56.7 Å². The van der Waals surface area contributed by atoms with E-state index in [1.807, 2.05) is 23.1 Å². The van der Waals surface area contributed by atoms with Gasteiger partial charge in [-0.3, -0.25) is 14.7 Å². The number of piperidine rings is 1. The molecule has 1 saturated heterocycles. The number of aliphatic hydroxyl groups excluding tert-OH is 1. The standard InChI is InChI=1S/C25H28FN3O2/c1-2-25(26)9-12-28(13-10-25)15-17-14-19-20(23-18(17)6-5-11-27-23)16-29(24(19)31)21-7-3-4-8-22(21)30/h1,5-6,11,14,21-22,30H,3-4,7-10,12-13,15-16H2/t21-,22-/m0/s1. The fourth-order valence-electron chi connectivity index (χ4n) is 5.42. The SMILES string of the molecule is C#CC1(F)CCN(Cc2cc3c(c4ncccc24)CN([C@H]2CCCC[C@@H]2O)C3=O)CC1. The Kier molecular flexibility index (Phi) is 5.19. The zero-order chi connectivity index (χ0) is 21.6. The van der Waals surface area contributed by atoms with Crippen molar-refractivity contribution >= 4 is 16.8 Å². The first-order chi connectivity index (χ1) is 15.0. The van der Waals surface area contributed by atoms with Crippen molar-refractivity contribution in [3.05, 3.63) is 41.1 Å². The zero-order valence-electron chi connectivity index (χ0n) is 17.7. The van der Waals surface area contributed by atoms with Crippen LogP contribution in [0.1, 0.15) is 60.0 Å². The molecule has 3 aliphatic rings. The van der Waals surface area contributed by atoms with E-state index in [9.17, 15) is 14.3 Å². The van der Waals surface area contributed by atoms with E-state index < -0.39 is 11.8 Å². The average Bonchev–Trinajstić information content (AvgIpc) is 3.12. The lowest BCUT2D eigenvalue weighted by Gasteiger charge is -2.35. The summed E-state index contributed by atoms with van der Waals surface area (Å²) < 4.78 is 14.4. The van der Waals surface area contributed by atoms with Crippen LogP contribution in [0.3, 0.4) is 0 Å². The number of terminal acetylenes is 1. The molecule has 5 rings (SSSR count). The van der Waals surface area contributed by atoms with Gasteiger partial charge in [-0.15, -0.1) is 6.42 Å². The second kappa shape index (κ2) is 7.89. The molecule has 2 aromatic rings. The van der Waals surface area contributed by atoms with Crippen LogP contribution in [0, 0.1) is 12.3 Å². The van der Waals surface area contributed by atoms with Gasteiger partial charge in [-0.2, -0.15) is 0 Å². The molecular weight excluding hydrogens is 393 g/mol. The van der Waals surface area contributed by atoms with Crippen molar-refractivity contribution < 1.29 is 14.3 Å². The Labute approximate surface area is 182 Å². The normalized spacial score (nSPS) is 26.1. The molecule has 2 fully saturated rings. The summed E-state index contributed by atoms with van der Waals surface area (Å²) >= 11 is 0. The Bertz CT molecular complexity index is 1050. The maximum Gasteiger partial charge on any atom is 0.254 e. The van der Waals surface area contributed by atoms with Gasteiger partial charge < -0.3 is 10.0 Å². The number of hydrogen-bond acceptors (Lipinski definition) is 4. The van der Waals surface area contributed by atoms with Crippen LogP contribution in [0.15, 0.2) is 24.4 Å². The molecule has 2 atom stereocenters. The predicted molar refractivity (Wildman–Crippen MR) is 117 cm³/mol. The smallest absolute Gasteiger partial charge is 0.254 e. The summed E-state index contributed by atoms with van der Waals surface area (Å²) in [5, 5.41) is 11.5. The lowest BCUT2D eigenvalue weighted by molar-refractivity contribution is 0.0192. The molecule has 31 heavy (non-hydrogen) atoms. The van der Waals surface area contributed by atoms with E-state index >= 15 is 0 Å². The fourth-order valence-corrected chi connectivity index (χ4v) is 5.42. The first-order valence-corrected chi connectivity index (χ1v) is 11.3. The summed E-state index contributed by atoms with van der Waals surface area (Å²) in [6, 6.07) is 5.83. The number of rotatable bonds is 3. The summed E-state index contributed by atoms with van der Waals surface area (Å²) in [5.41, 5.74) is 2.04. The molecule has 1 amide bonds. The molecule has 162 valence electrons. The van der Waals surface area contributed by atoms with Crippen molar-refractivity contribution in [1.82, 2.24) is 14.8 Å². The predicted octanol–water partition coefficient (Wildman–Crippen LogP) is 3.43. The average molecular weight is 422 g/mol. The minimum absolute atomic E-state index is 0.0106. The Balaban J connectivity index is 1.46. The van der Waals surface area contributed by atoms with Gasteiger partial charge in [-0.05, 0) is 30.5 Å².